The summed E-state index contributed by atoms with van der Waals surface area (Å²) in [4.78, 5) is 16.3. The highest BCUT2D eigenvalue weighted by Crippen LogP contribution is 2.12. The molecule has 1 aromatic rings. The molecule has 1 amide bonds. The lowest BCUT2D eigenvalue weighted by Crippen LogP contribution is -2.38. The Bertz CT molecular complexity index is 532. The van der Waals surface area contributed by atoms with Crippen LogP contribution in [0.4, 0.5) is 5.69 Å². The fourth-order valence-electron chi connectivity index (χ4n) is 2.24. The molecule has 0 aliphatic heterocycles. The van der Waals surface area contributed by atoms with Gasteiger partial charge in [-0.1, -0.05) is 19.1 Å². The van der Waals surface area contributed by atoms with E-state index in [1.54, 1.807) is 0 Å². The monoisotopic (exact) mass is 348 g/mol. The third kappa shape index (κ3) is 9.72. The second-order valence-electron chi connectivity index (χ2n) is 5.67. The molecule has 1 rings (SSSR count). The van der Waals surface area contributed by atoms with Gasteiger partial charge in [0.1, 0.15) is 0 Å². The second-order valence-corrected chi connectivity index (χ2v) is 5.67. The highest BCUT2D eigenvalue weighted by atomic mass is 16.5. The van der Waals surface area contributed by atoms with Crippen LogP contribution in [-0.4, -0.2) is 38.2 Å². The number of carbonyl (C=O) groups excluding carboxylic acids is 1. The number of rotatable bonds is 11. The number of hydrogen-bond donors (Lipinski definition) is 3. The molecular weight excluding hydrogens is 316 g/mol. The Labute approximate surface area is 151 Å². The van der Waals surface area contributed by atoms with E-state index in [1.807, 2.05) is 45.0 Å². The molecule has 0 saturated heterocycles. The maximum absolute atomic E-state index is 11.7. The van der Waals surface area contributed by atoms with E-state index in [1.165, 1.54) is 0 Å². The van der Waals surface area contributed by atoms with E-state index in [2.05, 4.69) is 20.9 Å². The van der Waals surface area contributed by atoms with Crippen LogP contribution >= 0.6 is 0 Å². The number of benzene rings is 1. The van der Waals surface area contributed by atoms with E-state index in [0.29, 0.717) is 13.0 Å². The maximum atomic E-state index is 11.7. The molecule has 0 unspecified atom stereocenters. The van der Waals surface area contributed by atoms with Crippen LogP contribution < -0.4 is 16.0 Å². The van der Waals surface area contributed by atoms with Crippen LogP contribution in [0, 0.1) is 0 Å². The minimum absolute atomic E-state index is 0.0486. The van der Waals surface area contributed by atoms with Gasteiger partial charge < -0.3 is 20.7 Å². The Morgan fingerprint density at radius 1 is 1.20 bits per heavy atom. The number of amides is 1. The molecule has 0 bridgehead atoms. The molecule has 0 aliphatic carbocycles. The lowest BCUT2D eigenvalue weighted by atomic mass is 10.2. The predicted octanol–water partition coefficient (Wildman–Crippen LogP) is 2.91. The minimum Gasteiger partial charge on any atom is -0.382 e. The molecule has 140 valence electrons. The number of nitrogens with one attached hydrogen (secondary N) is 3. The van der Waals surface area contributed by atoms with Crippen molar-refractivity contribution < 1.29 is 9.53 Å². The van der Waals surface area contributed by atoms with Gasteiger partial charge in [0, 0.05) is 38.4 Å². The maximum Gasteiger partial charge on any atom is 0.224 e. The smallest absolute Gasteiger partial charge is 0.224 e. The molecule has 1 aromatic carbocycles. The van der Waals surface area contributed by atoms with Gasteiger partial charge in [-0.25, -0.2) is 4.99 Å². The Hall–Kier alpha value is -2.08. The zero-order valence-corrected chi connectivity index (χ0v) is 15.7. The zero-order chi connectivity index (χ0) is 18.3. The molecule has 0 heterocycles. The first-order valence-electron chi connectivity index (χ1n) is 9.18. The summed E-state index contributed by atoms with van der Waals surface area (Å²) in [5.74, 6) is 0.840. The van der Waals surface area contributed by atoms with Gasteiger partial charge in [0.25, 0.3) is 0 Å². The first kappa shape index (κ1) is 21.0. The van der Waals surface area contributed by atoms with Crippen molar-refractivity contribution in [1.82, 2.24) is 10.6 Å². The SMILES string of the molecule is CCCC(=O)Nc1cccc(CN=C(NCC)NCCCOCC)c1. The quantitative estimate of drug-likeness (QED) is 0.326. The number of carbonyl (C=O) groups is 1. The number of nitrogens with zero attached hydrogens (tertiary/aromatic N) is 1. The third-order valence-corrected chi connectivity index (χ3v) is 3.41. The average Bonchev–Trinajstić information content (AvgIpc) is 2.60. The van der Waals surface area contributed by atoms with Crippen LogP contribution in [0.3, 0.4) is 0 Å². The molecule has 0 atom stereocenters. The van der Waals surface area contributed by atoms with Gasteiger partial charge in [-0.2, -0.15) is 0 Å². The van der Waals surface area contributed by atoms with Gasteiger partial charge in [-0.15, -0.1) is 0 Å². The first-order valence-corrected chi connectivity index (χ1v) is 9.18. The lowest BCUT2D eigenvalue weighted by molar-refractivity contribution is -0.116. The summed E-state index contributed by atoms with van der Waals surface area (Å²) in [5.41, 5.74) is 1.88. The first-order chi connectivity index (χ1) is 12.2. The number of guanidine groups is 1. The van der Waals surface area contributed by atoms with Crippen molar-refractivity contribution >= 4 is 17.6 Å². The molecule has 0 aliphatic rings. The topological polar surface area (TPSA) is 74.8 Å². The normalized spacial score (nSPS) is 11.2. The largest absolute Gasteiger partial charge is 0.382 e. The molecule has 0 aromatic heterocycles. The van der Waals surface area contributed by atoms with Gasteiger partial charge >= 0.3 is 0 Å². The molecule has 0 fully saturated rings. The number of ether oxygens (including phenoxy) is 1. The van der Waals surface area contributed by atoms with Gasteiger partial charge in [-0.05, 0) is 44.4 Å². The Balaban J connectivity index is 2.55. The van der Waals surface area contributed by atoms with E-state index in [0.717, 1.165) is 56.4 Å². The summed E-state index contributed by atoms with van der Waals surface area (Å²) in [7, 11) is 0. The van der Waals surface area contributed by atoms with Gasteiger partial charge in [-0.3, -0.25) is 4.79 Å². The van der Waals surface area contributed by atoms with Gasteiger partial charge in [0.2, 0.25) is 5.91 Å². The second kappa shape index (κ2) is 13.2. The van der Waals surface area contributed by atoms with Crippen molar-refractivity contribution in [2.24, 2.45) is 4.99 Å². The van der Waals surface area contributed by atoms with Gasteiger partial charge in [0.15, 0.2) is 5.96 Å². The van der Waals surface area contributed by atoms with Crippen LogP contribution in [0.1, 0.15) is 45.6 Å². The average molecular weight is 348 g/mol. The third-order valence-electron chi connectivity index (χ3n) is 3.41. The standard InChI is InChI=1S/C19H32N4O2/c1-4-9-18(24)23-17-11-7-10-16(14-17)15-22-19(20-5-2)21-12-8-13-25-6-3/h7,10-11,14H,4-6,8-9,12-13,15H2,1-3H3,(H,23,24)(H2,20,21,22). The van der Waals surface area contributed by atoms with E-state index >= 15 is 0 Å². The van der Waals surface area contributed by atoms with Crippen molar-refractivity contribution in [2.45, 2.75) is 46.6 Å². The fraction of sp³-hybridized carbons (Fsp3) is 0.579. The molecule has 3 N–H and O–H groups in total. The Morgan fingerprint density at radius 3 is 2.76 bits per heavy atom. The summed E-state index contributed by atoms with van der Waals surface area (Å²) in [5, 5.41) is 9.46. The molecule has 0 radical (unpaired) electrons. The fourth-order valence-corrected chi connectivity index (χ4v) is 2.24. The summed E-state index contributed by atoms with van der Waals surface area (Å²) in [6.45, 7) is 9.72. The van der Waals surface area contributed by atoms with Crippen molar-refractivity contribution in [1.29, 1.82) is 0 Å². The van der Waals surface area contributed by atoms with Gasteiger partial charge in [0.05, 0.1) is 6.54 Å². The predicted molar refractivity (Wildman–Crippen MR) is 104 cm³/mol. The lowest BCUT2D eigenvalue weighted by Gasteiger charge is -2.11. The molecular formula is C19H32N4O2. The molecule has 25 heavy (non-hydrogen) atoms. The summed E-state index contributed by atoms with van der Waals surface area (Å²) in [6.07, 6.45) is 2.33. The minimum atomic E-state index is 0.0486. The number of anilines is 1. The number of aliphatic imine (C=N–C) groups is 1. The van der Waals surface area contributed by atoms with Crippen molar-refractivity contribution in [2.75, 3.05) is 31.6 Å². The molecule has 0 spiro atoms. The van der Waals surface area contributed by atoms with E-state index < -0.39 is 0 Å². The highest BCUT2D eigenvalue weighted by Gasteiger charge is 2.02. The summed E-state index contributed by atoms with van der Waals surface area (Å²) >= 11 is 0. The van der Waals surface area contributed by atoms with Crippen LogP contribution in [-0.2, 0) is 16.1 Å². The van der Waals surface area contributed by atoms with E-state index in [-0.39, 0.29) is 5.91 Å². The molecule has 6 nitrogen and oxygen atoms in total. The van der Waals surface area contributed by atoms with E-state index in [4.69, 9.17) is 4.74 Å². The Kier molecular flexibility index (Phi) is 11.1. The highest BCUT2D eigenvalue weighted by molar-refractivity contribution is 5.90. The van der Waals surface area contributed by atoms with Crippen molar-refractivity contribution in [3.63, 3.8) is 0 Å². The summed E-state index contributed by atoms with van der Waals surface area (Å²) < 4.78 is 5.33. The zero-order valence-electron chi connectivity index (χ0n) is 15.7. The molecule has 0 saturated carbocycles. The Morgan fingerprint density at radius 2 is 2.04 bits per heavy atom. The van der Waals surface area contributed by atoms with Crippen LogP contribution in [0.5, 0.6) is 0 Å². The number of hydrogen-bond acceptors (Lipinski definition) is 3. The molecule has 6 heteroatoms. The van der Waals surface area contributed by atoms with E-state index in [9.17, 15) is 4.79 Å². The summed E-state index contributed by atoms with van der Waals surface area (Å²) in [6, 6.07) is 7.82. The van der Waals surface area contributed by atoms with Crippen LogP contribution in [0.15, 0.2) is 29.3 Å². The van der Waals surface area contributed by atoms with Crippen molar-refractivity contribution in [3.05, 3.63) is 29.8 Å². The van der Waals surface area contributed by atoms with Crippen molar-refractivity contribution in [3.8, 4) is 0 Å². The van der Waals surface area contributed by atoms with Crippen LogP contribution in [0.2, 0.25) is 0 Å². The van der Waals surface area contributed by atoms with Crippen LogP contribution in [0.25, 0.3) is 0 Å².